The monoisotopic (exact) mass is 369 g/mol. The number of anilines is 2. The van der Waals surface area contributed by atoms with E-state index in [4.69, 9.17) is 0 Å². The summed E-state index contributed by atoms with van der Waals surface area (Å²) >= 11 is 0. The van der Waals surface area contributed by atoms with Gasteiger partial charge in [-0.05, 0) is 55.7 Å². The lowest BCUT2D eigenvalue weighted by molar-refractivity contribution is 0.102. The van der Waals surface area contributed by atoms with Gasteiger partial charge in [-0.1, -0.05) is 18.2 Å². The molecule has 0 aromatic heterocycles. The average Bonchev–Trinajstić information content (AvgIpc) is 3.43. The van der Waals surface area contributed by atoms with E-state index in [0.29, 0.717) is 16.9 Å². The number of carbonyl (C=O) groups excluding carboxylic acids is 1. The first kappa shape index (κ1) is 18.0. The van der Waals surface area contributed by atoms with E-state index in [0.717, 1.165) is 18.4 Å². The van der Waals surface area contributed by atoms with Gasteiger partial charge in [-0.3, -0.25) is 9.52 Å². The molecule has 2 aromatic rings. The van der Waals surface area contributed by atoms with Crippen LogP contribution in [-0.4, -0.2) is 20.1 Å². The molecule has 3 rings (SSSR count). The van der Waals surface area contributed by atoms with Crippen molar-refractivity contribution in [3.8, 4) is 6.07 Å². The SMILES string of the molecule is CCS(=O)(=O)Nc1cccc(C(=O)Nc2ccc(C3(C#N)CC3)cc2)c1. The van der Waals surface area contributed by atoms with Crippen molar-refractivity contribution in [2.24, 2.45) is 0 Å². The molecule has 1 saturated carbocycles. The molecule has 2 aromatic carbocycles. The summed E-state index contributed by atoms with van der Waals surface area (Å²) in [6.07, 6.45) is 1.74. The van der Waals surface area contributed by atoms with Crippen LogP contribution in [0.2, 0.25) is 0 Å². The molecule has 134 valence electrons. The third-order valence-electron chi connectivity index (χ3n) is 4.44. The van der Waals surface area contributed by atoms with Crippen LogP contribution in [0.15, 0.2) is 48.5 Å². The molecule has 0 saturated heterocycles. The summed E-state index contributed by atoms with van der Waals surface area (Å²) in [6.45, 7) is 1.54. The Kier molecular flexibility index (Phi) is 4.70. The summed E-state index contributed by atoms with van der Waals surface area (Å²) in [5, 5.41) is 12.0. The minimum atomic E-state index is -3.40. The van der Waals surface area contributed by atoms with Crippen molar-refractivity contribution in [1.29, 1.82) is 5.26 Å². The number of sulfonamides is 1. The van der Waals surface area contributed by atoms with Gasteiger partial charge in [-0.2, -0.15) is 5.26 Å². The Labute approximate surface area is 152 Å². The lowest BCUT2D eigenvalue weighted by Gasteiger charge is -2.10. The maximum atomic E-state index is 12.4. The van der Waals surface area contributed by atoms with Crippen LogP contribution in [0.1, 0.15) is 35.7 Å². The zero-order valence-electron chi connectivity index (χ0n) is 14.3. The second kappa shape index (κ2) is 6.81. The maximum absolute atomic E-state index is 12.4. The standard InChI is InChI=1S/C19H19N3O3S/c1-2-26(24,25)22-17-5-3-4-14(12-17)18(23)21-16-8-6-15(7-9-16)19(13-20)10-11-19/h3-9,12,22H,2,10-11H2,1H3,(H,21,23). The Bertz CT molecular complexity index is 972. The van der Waals surface area contributed by atoms with Crippen molar-refractivity contribution in [2.75, 3.05) is 15.8 Å². The molecular formula is C19H19N3O3S. The van der Waals surface area contributed by atoms with Crippen molar-refractivity contribution in [1.82, 2.24) is 0 Å². The second-order valence-corrected chi connectivity index (χ2v) is 8.32. The molecule has 0 radical (unpaired) electrons. The Hall–Kier alpha value is -2.85. The fraction of sp³-hybridized carbons (Fsp3) is 0.263. The van der Waals surface area contributed by atoms with E-state index >= 15 is 0 Å². The quantitative estimate of drug-likeness (QED) is 0.816. The molecule has 0 heterocycles. The highest BCUT2D eigenvalue weighted by Crippen LogP contribution is 2.47. The number of hydrogen-bond acceptors (Lipinski definition) is 4. The van der Waals surface area contributed by atoms with Gasteiger partial charge in [0.2, 0.25) is 10.0 Å². The molecular weight excluding hydrogens is 350 g/mol. The first-order valence-electron chi connectivity index (χ1n) is 8.31. The Balaban J connectivity index is 1.71. The van der Waals surface area contributed by atoms with Gasteiger partial charge in [0, 0.05) is 16.9 Å². The third kappa shape index (κ3) is 3.86. The third-order valence-corrected chi connectivity index (χ3v) is 5.74. The zero-order valence-corrected chi connectivity index (χ0v) is 15.1. The van der Waals surface area contributed by atoms with E-state index in [1.165, 1.54) is 6.07 Å². The minimum Gasteiger partial charge on any atom is -0.322 e. The number of carbonyl (C=O) groups is 1. The van der Waals surface area contributed by atoms with E-state index in [9.17, 15) is 18.5 Å². The Morgan fingerprint density at radius 1 is 1.15 bits per heavy atom. The van der Waals surface area contributed by atoms with E-state index in [1.54, 1.807) is 37.3 Å². The summed E-state index contributed by atoms with van der Waals surface area (Å²) in [5.74, 6) is -0.378. The molecule has 0 unspecified atom stereocenters. The van der Waals surface area contributed by atoms with Crippen LogP contribution < -0.4 is 10.0 Å². The van der Waals surface area contributed by atoms with Crippen molar-refractivity contribution >= 4 is 27.3 Å². The summed E-state index contributed by atoms with van der Waals surface area (Å²) in [5.41, 5.74) is 1.93. The number of nitriles is 1. The number of nitrogens with one attached hydrogen (secondary N) is 2. The number of benzene rings is 2. The molecule has 0 atom stereocenters. The highest BCUT2D eigenvalue weighted by atomic mass is 32.2. The van der Waals surface area contributed by atoms with Crippen LogP contribution in [0.3, 0.4) is 0 Å². The number of nitrogens with zero attached hydrogens (tertiary/aromatic N) is 1. The van der Waals surface area contributed by atoms with Crippen LogP contribution in [0.25, 0.3) is 0 Å². The molecule has 2 N–H and O–H groups in total. The Morgan fingerprint density at radius 3 is 2.42 bits per heavy atom. The summed E-state index contributed by atoms with van der Waals surface area (Å²) in [6, 6.07) is 15.9. The molecule has 7 heteroatoms. The van der Waals surface area contributed by atoms with Gasteiger partial charge in [-0.25, -0.2) is 8.42 Å². The van der Waals surface area contributed by atoms with Crippen molar-refractivity contribution in [3.63, 3.8) is 0 Å². The highest BCUT2D eigenvalue weighted by Gasteiger charge is 2.44. The van der Waals surface area contributed by atoms with E-state index in [-0.39, 0.29) is 17.1 Å². The normalized spacial score (nSPS) is 14.9. The van der Waals surface area contributed by atoms with Gasteiger partial charge in [0.05, 0.1) is 17.2 Å². The molecule has 6 nitrogen and oxygen atoms in total. The maximum Gasteiger partial charge on any atom is 0.255 e. The smallest absolute Gasteiger partial charge is 0.255 e. The number of amides is 1. The summed E-state index contributed by atoms with van der Waals surface area (Å²) in [4.78, 5) is 12.4. The molecule has 1 aliphatic carbocycles. The van der Waals surface area contributed by atoms with Crippen molar-refractivity contribution < 1.29 is 13.2 Å². The van der Waals surface area contributed by atoms with Crippen LogP contribution in [-0.2, 0) is 15.4 Å². The number of rotatable bonds is 6. The molecule has 0 aliphatic heterocycles. The van der Waals surface area contributed by atoms with Gasteiger partial charge in [0.15, 0.2) is 0 Å². The fourth-order valence-corrected chi connectivity index (χ4v) is 3.27. The molecule has 0 bridgehead atoms. The Morgan fingerprint density at radius 2 is 1.85 bits per heavy atom. The van der Waals surface area contributed by atoms with Crippen molar-refractivity contribution in [3.05, 3.63) is 59.7 Å². The highest BCUT2D eigenvalue weighted by molar-refractivity contribution is 7.92. The first-order valence-corrected chi connectivity index (χ1v) is 9.96. The summed E-state index contributed by atoms with van der Waals surface area (Å²) < 4.78 is 25.7. The topological polar surface area (TPSA) is 99.1 Å². The molecule has 1 amide bonds. The van der Waals surface area contributed by atoms with Crippen LogP contribution in [0, 0.1) is 11.3 Å². The van der Waals surface area contributed by atoms with Crippen molar-refractivity contribution in [2.45, 2.75) is 25.2 Å². The zero-order chi connectivity index (χ0) is 18.8. The van der Waals surface area contributed by atoms with Crippen LogP contribution in [0.4, 0.5) is 11.4 Å². The number of hydrogen-bond donors (Lipinski definition) is 2. The van der Waals surface area contributed by atoms with E-state index in [2.05, 4.69) is 16.1 Å². The predicted molar refractivity (Wildman–Crippen MR) is 100 cm³/mol. The lowest BCUT2D eigenvalue weighted by Crippen LogP contribution is -2.16. The van der Waals surface area contributed by atoms with Gasteiger partial charge in [0.25, 0.3) is 5.91 Å². The first-order chi connectivity index (χ1) is 12.4. The predicted octanol–water partition coefficient (Wildman–Crippen LogP) is 3.26. The molecule has 1 aliphatic rings. The average molecular weight is 369 g/mol. The van der Waals surface area contributed by atoms with Gasteiger partial charge < -0.3 is 5.32 Å². The molecule has 1 fully saturated rings. The van der Waals surface area contributed by atoms with Gasteiger partial charge in [-0.15, -0.1) is 0 Å². The summed E-state index contributed by atoms with van der Waals surface area (Å²) in [7, 11) is -3.40. The van der Waals surface area contributed by atoms with Gasteiger partial charge >= 0.3 is 0 Å². The van der Waals surface area contributed by atoms with Crippen LogP contribution in [0.5, 0.6) is 0 Å². The van der Waals surface area contributed by atoms with Gasteiger partial charge in [0.1, 0.15) is 0 Å². The molecule has 0 spiro atoms. The fourth-order valence-electron chi connectivity index (χ4n) is 2.64. The second-order valence-electron chi connectivity index (χ2n) is 6.31. The van der Waals surface area contributed by atoms with Crippen LogP contribution >= 0.6 is 0 Å². The molecule has 26 heavy (non-hydrogen) atoms. The largest absolute Gasteiger partial charge is 0.322 e. The lowest BCUT2D eigenvalue weighted by atomic mass is 9.98. The minimum absolute atomic E-state index is 0.0417. The van der Waals surface area contributed by atoms with E-state index in [1.807, 2.05) is 12.1 Å². The van der Waals surface area contributed by atoms with E-state index < -0.39 is 10.0 Å².